The highest BCUT2D eigenvalue weighted by atomic mass is 32.2. The molecule has 0 unspecified atom stereocenters. The maximum absolute atomic E-state index is 12.1. The van der Waals surface area contributed by atoms with Crippen LogP contribution in [0.5, 0.6) is 0 Å². The van der Waals surface area contributed by atoms with Crippen molar-refractivity contribution in [3.05, 3.63) is 48.0 Å². The van der Waals surface area contributed by atoms with Crippen molar-refractivity contribution in [2.75, 3.05) is 13.1 Å². The molecule has 0 heterocycles. The predicted octanol–water partition coefficient (Wildman–Crippen LogP) is 1.48. The summed E-state index contributed by atoms with van der Waals surface area (Å²) in [6.45, 7) is 6.65. The van der Waals surface area contributed by atoms with E-state index in [4.69, 9.17) is 5.73 Å². The van der Waals surface area contributed by atoms with Crippen LogP contribution in [0, 0.1) is 0 Å². The third kappa shape index (κ3) is 3.94. The second-order valence-corrected chi connectivity index (χ2v) is 5.99. The van der Waals surface area contributed by atoms with Gasteiger partial charge in [-0.15, -0.1) is 6.58 Å². The Bertz CT molecular complexity index is 480. The van der Waals surface area contributed by atoms with Crippen molar-refractivity contribution >= 4 is 10.0 Å². The van der Waals surface area contributed by atoms with E-state index in [1.165, 1.54) is 4.31 Å². The summed E-state index contributed by atoms with van der Waals surface area (Å²) in [4.78, 5) is 0. The molecule has 0 aliphatic carbocycles. The fraction of sp³-hybridized carbons (Fsp3) is 0.385. The van der Waals surface area contributed by atoms with Crippen LogP contribution in [0.2, 0.25) is 0 Å². The van der Waals surface area contributed by atoms with E-state index in [9.17, 15) is 8.42 Å². The maximum Gasteiger partial charge on any atom is 0.218 e. The average molecular weight is 268 g/mol. The van der Waals surface area contributed by atoms with Gasteiger partial charge in [-0.2, -0.15) is 4.31 Å². The van der Waals surface area contributed by atoms with E-state index in [-0.39, 0.29) is 5.75 Å². The summed E-state index contributed by atoms with van der Waals surface area (Å²) in [5, 5.41) is 0. The molecule has 18 heavy (non-hydrogen) atoms. The topological polar surface area (TPSA) is 63.4 Å². The van der Waals surface area contributed by atoms with E-state index in [0.717, 1.165) is 11.1 Å². The molecule has 0 atom stereocenters. The molecule has 1 aromatic carbocycles. The number of hydrogen-bond donors (Lipinski definition) is 1. The van der Waals surface area contributed by atoms with Gasteiger partial charge < -0.3 is 5.73 Å². The standard InChI is InChI=1S/C13H20N2O2S/c1-3-9-15(4-2)18(16,17)11-13-7-5-12(10-14)6-8-13/h3,5-8H,1,4,9-11,14H2,2H3. The van der Waals surface area contributed by atoms with Crippen LogP contribution >= 0.6 is 0 Å². The Morgan fingerprint density at radius 1 is 1.28 bits per heavy atom. The van der Waals surface area contributed by atoms with Crippen LogP contribution in [0.3, 0.4) is 0 Å². The molecule has 0 aliphatic rings. The lowest BCUT2D eigenvalue weighted by molar-refractivity contribution is 0.459. The first-order valence-corrected chi connectivity index (χ1v) is 7.51. The van der Waals surface area contributed by atoms with E-state index in [2.05, 4.69) is 6.58 Å². The van der Waals surface area contributed by atoms with Crippen molar-refractivity contribution in [2.45, 2.75) is 19.2 Å². The first-order chi connectivity index (χ1) is 8.53. The molecule has 100 valence electrons. The molecule has 0 saturated heterocycles. The summed E-state index contributed by atoms with van der Waals surface area (Å²) in [6, 6.07) is 7.33. The Morgan fingerprint density at radius 2 is 1.83 bits per heavy atom. The Labute approximate surface area is 109 Å². The lowest BCUT2D eigenvalue weighted by Gasteiger charge is -2.18. The van der Waals surface area contributed by atoms with Crippen molar-refractivity contribution < 1.29 is 8.42 Å². The van der Waals surface area contributed by atoms with Gasteiger partial charge in [-0.3, -0.25) is 0 Å². The molecule has 5 heteroatoms. The Balaban J connectivity index is 2.83. The highest BCUT2D eigenvalue weighted by molar-refractivity contribution is 7.88. The van der Waals surface area contributed by atoms with Crippen molar-refractivity contribution in [3.63, 3.8) is 0 Å². The fourth-order valence-corrected chi connectivity index (χ4v) is 3.18. The summed E-state index contributed by atoms with van der Waals surface area (Å²) < 4.78 is 25.7. The first kappa shape index (κ1) is 14.9. The van der Waals surface area contributed by atoms with Gasteiger partial charge in [-0.25, -0.2) is 8.42 Å². The highest BCUT2D eigenvalue weighted by Gasteiger charge is 2.19. The summed E-state index contributed by atoms with van der Waals surface area (Å²) in [6.07, 6.45) is 1.60. The van der Waals surface area contributed by atoms with Crippen molar-refractivity contribution in [1.29, 1.82) is 0 Å². The molecule has 1 rings (SSSR count). The number of rotatable bonds is 7. The normalized spacial score (nSPS) is 11.7. The molecule has 0 aliphatic heterocycles. The third-order valence-corrected chi connectivity index (χ3v) is 4.58. The van der Waals surface area contributed by atoms with Gasteiger partial charge >= 0.3 is 0 Å². The van der Waals surface area contributed by atoms with Gasteiger partial charge in [0, 0.05) is 19.6 Å². The number of sulfonamides is 1. The smallest absolute Gasteiger partial charge is 0.218 e. The molecule has 2 N–H and O–H groups in total. The van der Waals surface area contributed by atoms with Crippen LogP contribution in [0.1, 0.15) is 18.1 Å². The molecule has 0 aromatic heterocycles. The zero-order chi connectivity index (χ0) is 13.6. The lowest BCUT2D eigenvalue weighted by atomic mass is 10.1. The molecular weight excluding hydrogens is 248 g/mol. The van der Waals surface area contributed by atoms with Gasteiger partial charge in [0.15, 0.2) is 0 Å². The molecule has 0 bridgehead atoms. The van der Waals surface area contributed by atoms with Crippen LogP contribution < -0.4 is 5.73 Å². The van der Waals surface area contributed by atoms with E-state index in [0.29, 0.717) is 19.6 Å². The molecule has 0 spiro atoms. The fourth-order valence-electron chi connectivity index (χ4n) is 1.66. The second-order valence-electron chi connectivity index (χ2n) is 4.02. The molecule has 0 amide bonds. The molecule has 0 fully saturated rings. The summed E-state index contributed by atoms with van der Waals surface area (Å²) in [5.41, 5.74) is 7.27. The number of nitrogens with zero attached hydrogens (tertiary/aromatic N) is 1. The summed E-state index contributed by atoms with van der Waals surface area (Å²) >= 11 is 0. The molecule has 4 nitrogen and oxygen atoms in total. The van der Waals surface area contributed by atoms with Gasteiger partial charge in [0.25, 0.3) is 0 Å². The van der Waals surface area contributed by atoms with Crippen molar-refractivity contribution in [3.8, 4) is 0 Å². The van der Waals surface area contributed by atoms with Gasteiger partial charge in [0.2, 0.25) is 10.0 Å². The molecular formula is C13H20N2O2S. The third-order valence-electron chi connectivity index (χ3n) is 2.69. The van der Waals surface area contributed by atoms with Crippen LogP contribution in [0.4, 0.5) is 0 Å². The lowest BCUT2D eigenvalue weighted by Crippen LogP contribution is -2.32. The Kier molecular flexibility index (Phi) is 5.53. The van der Waals surface area contributed by atoms with Gasteiger partial charge in [-0.05, 0) is 11.1 Å². The second kappa shape index (κ2) is 6.68. The zero-order valence-corrected chi connectivity index (χ0v) is 11.5. The van der Waals surface area contributed by atoms with Gasteiger partial charge in [0.05, 0.1) is 5.75 Å². The van der Waals surface area contributed by atoms with Crippen LogP contribution in [0.25, 0.3) is 0 Å². The predicted molar refractivity (Wildman–Crippen MR) is 74.4 cm³/mol. The van der Waals surface area contributed by atoms with Gasteiger partial charge in [-0.1, -0.05) is 37.3 Å². The van der Waals surface area contributed by atoms with Gasteiger partial charge in [0.1, 0.15) is 0 Å². The van der Waals surface area contributed by atoms with E-state index in [1.807, 2.05) is 31.2 Å². The van der Waals surface area contributed by atoms with E-state index < -0.39 is 10.0 Å². The average Bonchev–Trinajstić information content (AvgIpc) is 2.36. The molecule has 0 radical (unpaired) electrons. The van der Waals surface area contributed by atoms with Crippen LogP contribution in [-0.4, -0.2) is 25.8 Å². The van der Waals surface area contributed by atoms with E-state index in [1.54, 1.807) is 6.08 Å². The first-order valence-electron chi connectivity index (χ1n) is 5.90. The minimum atomic E-state index is -3.28. The quantitative estimate of drug-likeness (QED) is 0.762. The van der Waals surface area contributed by atoms with Crippen LogP contribution in [0.15, 0.2) is 36.9 Å². The highest BCUT2D eigenvalue weighted by Crippen LogP contribution is 2.12. The minimum absolute atomic E-state index is 0.0134. The Morgan fingerprint density at radius 3 is 2.28 bits per heavy atom. The number of nitrogens with two attached hydrogens (primary N) is 1. The minimum Gasteiger partial charge on any atom is -0.326 e. The van der Waals surface area contributed by atoms with Crippen molar-refractivity contribution in [1.82, 2.24) is 4.31 Å². The summed E-state index contributed by atoms with van der Waals surface area (Å²) in [5.74, 6) is 0.0134. The summed E-state index contributed by atoms with van der Waals surface area (Å²) in [7, 11) is -3.28. The number of likely N-dealkylation sites (N-methyl/N-ethyl adjacent to an activating group) is 1. The van der Waals surface area contributed by atoms with E-state index >= 15 is 0 Å². The SMILES string of the molecule is C=CCN(CC)S(=O)(=O)Cc1ccc(CN)cc1. The largest absolute Gasteiger partial charge is 0.326 e. The molecule has 0 saturated carbocycles. The number of benzene rings is 1. The van der Waals surface area contributed by atoms with Crippen molar-refractivity contribution in [2.24, 2.45) is 5.73 Å². The molecule has 1 aromatic rings. The zero-order valence-electron chi connectivity index (χ0n) is 10.7. The number of hydrogen-bond acceptors (Lipinski definition) is 3. The monoisotopic (exact) mass is 268 g/mol. The maximum atomic E-state index is 12.1. The van der Waals surface area contributed by atoms with Crippen LogP contribution in [-0.2, 0) is 22.3 Å². The Hall–Kier alpha value is -1.17.